The van der Waals surface area contributed by atoms with Crippen molar-refractivity contribution in [2.75, 3.05) is 19.6 Å². The van der Waals surface area contributed by atoms with Crippen LogP contribution in [0.3, 0.4) is 0 Å². The fourth-order valence-corrected chi connectivity index (χ4v) is 2.61. The molecule has 0 atom stereocenters. The molecule has 0 aromatic carbocycles. The topological polar surface area (TPSA) is 78.1 Å². The second-order valence-electron chi connectivity index (χ2n) is 3.27. The lowest BCUT2D eigenvalue weighted by molar-refractivity contribution is 0.435. The van der Waals surface area contributed by atoms with Gasteiger partial charge in [0.05, 0.1) is 0 Å². The van der Waals surface area contributed by atoms with Crippen molar-refractivity contribution in [3.05, 3.63) is 18.2 Å². The van der Waals surface area contributed by atoms with Crippen LogP contribution in [0, 0.1) is 0 Å². The Kier molecular flexibility index (Phi) is 4.91. The van der Waals surface area contributed by atoms with E-state index in [0.29, 0.717) is 26.1 Å². The van der Waals surface area contributed by atoms with Crippen LogP contribution in [0.4, 0.5) is 0 Å². The largest absolute Gasteiger partial charge is 0.349 e. The van der Waals surface area contributed by atoms with Crippen molar-refractivity contribution in [2.45, 2.75) is 20.3 Å². The van der Waals surface area contributed by atoms with E-state index in [0.717, 1.165) is 5.82 Å². The van der Waals surface area contributed by atoms with E-state index in [1.54, 1.807) is 12.4 Å². The van der Waals surface area contributed by atoms with Gasteiger partial charge in [0.25, 0.3) is 10.2 Å². The Bertz CT molecular complexity index is 384. The van der Waals surface area contributed by atoms with Crippen LogP contribution in [0.5, 0.6) is 0 Å². The predicted octanol–water partition coefficient (Wildman–Crippen LogP) is 0.128. The molecule has 7 heteroatoms. The average molecular weight is 246 g/mol. The standard InChI is InChI=1S/C9H18N4O2S/c1-3-13(4-2)16(14,15)12-6-5-9-10-7-8-11-9/h7-8,12H,3-6H2,1-2H3,(H,10,11). The fourth-order valence-electron chi connectivity index (χ4n) is 1.39. The van der Waals surface area contributed by atoms with Crippen LogP contribution in [0.15, 0.2) is 12.4 Å². The van der Waals surface area contributed by atoms with Crippen LogP contribution in [0.1, 0.15) is 19.7 Å². The molecular weight excluding hydrogens is 228 g/mol. The lowest BCUT2D eigenvalue weighted by Crippen LogP contribution is -2.41. The Hall–Kier alpha value is -0.920. The molecule has 92 valence electrons. The highest BCUT2D eigenvalue weighted by Crippen LogP contribution is 1.97. The minimum absolute atomic E-state index is 0.354. The molecule has 0 radical (unpaired) electrons. The van der Waals surface area contributed by atoms with Gasteiger partial charge >= 0.3 is 0 Å². The molecule has 1 aromatic rings. The molecule has 2 N–H and O–H groups in total. The number of nitrogens with one attached hydrogen (secondary N) is 2. The van der Waals surface area contributed by atoms with Gasteiger partial charge in [0.1, 0.15) is 5.82 Å². The molecule has 0 fully saturated rings. The number of nitrogens with zero attached hydrogens (tertiary/aromatic N) is 2. The Morgan fingerprint density at radius 1 is 1.44 bits per heavy atom. The zero-order valence-corrected chi connectivity index (χ0v) is 10.4. The molecule has 0 unspecified atom stereocenters. The highest BCUT2D eigenvalue weighted by Gasteiger charge is 2.17. The van der Waals surface area contributed by atoms with Crippen molar-refractivity contribution in [2.24, 2.45) is 0 Å². The van der Waals surface area contributed by atoms with Gasteiger partial charge in [-0.2, -0.15) is 12.7 Å². The maximum atomic E-state index is 11.7. The van der Waals surface area contributed by atoms with E-state index in [4.69, 9.17) is 0 Å². The molecular formula is C9H18N4O2S. The molecule has 0 aliphatic carbocycles. The Balaban J connectivity index is 2.42. The number of imidazole rings is 1. The van der Waals surface area contributed by atoms with Gasteiger partial charge in [-0.3, -0.25) is 0 Å². The Labute approximate surface area is 96.3 Å². The van der Waals surface area contributed by atoms with Crippen LogP contribution in [0.25, 0.3) is 0 Å². The minimum Gasteiger partial charge on any atom is -0.349 e. The first kappa shape index (κ1) is 13.1. The van der Waals surface area contributed by atoms with E-state index in [2.05, 4.69) is 14.7 Å². The first-order valence-electron chi connectivity index (χ1n) is 5.33. The van der Waals surface area contributed by atoms with Crippen molar-refractivity contribution < 1.29 is 8.42 Å². The Morgan fingerprint density at radius 2 is 2.12 bits per heavy atom. The third-order valence-corrected chi connectivity index (χ3v) is 4.01. The summed E-state index contributed by atoms with van der Waals surface area (Å²) in [6, 6.07) is 0. The second kappa shape index (κ2) is 5.97. The van der Waals surface area contributed by atoms with Gasteiger partial charge < -0.3 is 4.98 Å². The number of hydrogen-bond acceptors (Lipinski definition) is 3. The summed E-state index contributed by atoms with van der Waals surface area (Å²) in [6.07, 6.45) is 3.93. The quantitative estimate of drug-likeness (QED) is 0.717. The van der Waals surface area contributed by atoms with Crippen molar-refractivity contribution in [3.8, 4) is 0 Å². The van der Waals surface area contributed by atoms with E-state index in [1.165, 1.54) is 4.31 Å². The summed E-state index contributed by atoms with van der Waals surface area (Å²) < 4.78 is 27.3. The smallest absolute Gasteiger partial charge is 0.279 e. The Morgan fingerprint density at radius 3 is 2.62 bits per heavy atom. The first-order chi connectivity index (χ1) is 7.60. The van der Waals surface area contributed by atoms with Gasteiger partial charge in [0.15, 0.2) is 0 Å². The van der Waals surface area contributed by atoms with E-state index in [1.807, 2.05) is 13.8 Å². The van der Waals surface area contributed by atoms with Gasteiger partial charge in [-0.25, -0.2) is 9.71 Å². The minimum atomic E-state index is -3.33. The van der Waals surface area contributed by atoms with Crippen molar-refractivity contribution in [3.63, 3.8) is 0 Å². The molecule has 0 saturated heterocycles. The number of aromatic nitrogens is 2. The maximum absolute atomic E-state index is 11.7. The van der Waals surface area contributed by atoms with Gasteiger partial charge in [-0.05, 0) is 0 Å². The normalized spacial score (nSPS) is 12.2. The molecule has 0 aliphatic heterocycles. The number of hydrogen-bond donors (Lipinski definition) is 2. The number of rotatable bonds is 7. The van der Waals surface area contributed by atoms with Gasteiger partial charge in [0.2, 0.25) is 0 Å². The van der Waals surface area contributed by atoms with E-state index in [9.17, 15) is 8.42 Å². The van der Waals surface area contributed by atoms with Gasteiger partial charge in [-0.1, -0.05) is 13.8 Å². The van der Waals surface area contributed by atoms with Gasteiger partial charge in [-0.15, -0.1) is 0 Å². The SMILES string of the molecule is CCN(CC)S(=O)(=O)NCCc1ncc[nH]1. The maximum Gasteiger partial charge on any atom is 0.279 e. The van der Waals surface area contributed by atoms with Crippen LogP contribution < -0.4 is 4.72 Å². The molecule has 16 heavy (non-hydrogen) atoms. The second-order valence-corrected chi connectivity index (χ2v) is 5.02. The third kappa shape index (κ3) is 3.58. The molecule has 0 spiro atoms. The average Bonchev–Trinajstić information content (AvgIpc) is 2.71. The zero-order chi connectivity index (χ0) is 12.0. The molecule has 1 rings (SSSR count). The number of H-pyrrole nitrogens is 1. The molecule has 6 nitrogen and oxygen atoms in total. The zero-order valence-electron chi connectivity index (χ0n) is 9.60. The van der Waals surface area contributed by atoms with Crippen LogP contribution in [-0.2, 0) is 16.6 Å². The van der Waals surface area contributed by atoms with Crippen molar-refractivity contribution >= 4 is 10.2 Å². The van der Waals surface area contributed by atoms with Crippen LogP contribution >= 0.6 is 0 Å². The number of aromatic amines is 1. The van der Waals surface area contributed by atoms with Crippen LogP contribution in [0.2, 0.25) is 0 Å². The fraction of sp³-hybridized carbons (Fsp3) is 0.667. The molecule has 0 amide bonds. The predicted molar refractivity (Wildman–Crippen MR) is 62.1 cm³/mol. The summed E-state index contributed by atoms with van der Waals surface area (Å²) in [4.78, 5) is 6.94. The highest BCUT2D eigenvalue weighted by molar-refractivity contribution is 7.87. The lowest BCUT2D eigenvalue weighted by Gasteiger charge is -2.18. The lowest BCUT2D eigenvalue weighted by atomic mass is 10.4. The molecule has 1 heterocycles. The monoisotopic (exact) mass is 246 g/mol. The van der Waals surface area contributed by atoms with Crippen molar-refractivity contribution in [1.29, 1.82) is 0 Å². The summed E-state index contributed by atoms with van der Waals surface area (Å²) in [5, 5.41) is 0. The summed E-state index contributed by atoms with van der Waals surface area (Å²) in [5.41, 5.74) is 0. The van der Waals surface area contributed by atoms with Gasteiger partial charge in [0, 0.05) is 38.4 Å². The van der Waals surface area contributed by atoms with E-state index in [-0.39, 0.29) is 0 Å². The van der Waals surface area contributed by atoms with E-state index >= 15 is 0 Å². The molecule has 0 bridgehead atoms. The summed E-state index contributed by atoms with van der Waals surface area (Å²) in [7, 11) is -3.33. The summed E-state index contributed by atoms with van der Waals surface area (Å²) in [5.74, 6) is 0.780. The molecule has 1 aromatic heterocycles. The summed E-state index contributed by atoms with van der Waals surface area (Å²) in [6.45, 7) is 4.94. The third-order valence-electron chi connectivity index (χ3n) is 2.25. The molecule has 0 saturated carbocycles. The van der Waals surface area contributed by atoms with E-state index < -0.39 is 10.2 Å². The van der Waals surface area contributed by atoms with Crippen LogP contribution in [-0.4, -0.2) is 42.3 Å². The van der Waals surface area contributed by atoms with Crippen molar-refractivity contribution in [1.82, 2.24) is 19.0 Å². The molecule has 0 aliphatic rings. The highest BCUT2D eigenvalue weighted by atomic mass is 32.2. The summed E-state index contributed by atoms with van der Waals surface area (Å²) >= 11 is 0. The first-order valence-corrected chi connectivity index (χ1v) is 6.77.